The van der Waals surface area contributed by atoms with E-state index in [9.17, 15) is 8.78 Å². The fraction of sp³-hybridized carbons (Fsp3) is 0.174. The lowest BCUT2D eigenvalue weighted by Gasteiger charge is -2.39. The SMILES string of the molecule is COC1CN(c2nc(-c3cccnc3)nc3cc(-c4cccc(F)c4F)ccc23)C1. The number of hydrogen-bond acceptors (Lipinski definition) is 5. The van der Waals surface area contributed by atoms with E-state index in [0.717, 1.165) is 35.9 Å². The summed E-state index contributed by atoms with van der Waals surface area (Å²) in [5.74, 6) is -0.427. The van der Waals surface area contributed by atoms with Crippen LogP contribution in [-0.4, -0.2) is 41.3 Å². The zero-order valence-electron chi connectivity index (χ0n) is 16.2. The fourth-order valence-electron chi connectivity index (χ4n) is 3.63. The molecule has 0 N–H and O–H groups in total. The maximum absolute atomic E-state index is 14.3. The molecule has 0 saturated carbocycles. The van der Waals surface area contributed by atoms with Gasteiger partial charge in [0.2, 0.25) is 0 Å². The normalized spacial score (nSPS) is 14.2. The van der Waals surface area contributed by atoms with Crippen molar-refractivity contribution in [2.45, 2.75) is 6.10 Å². The minimum atomic E-state index is -0.877. The Morgan fingerprint density at radius 3 is 2.63 bits per heavy atom. The Labute approximate surface area is 172 Å². The van der Waals surface area contributed by atoms with Gasteiger partial charge in [-0.2, -0.15) is 0 Å². The van der Waals surface area contributed by atoms with Crippen molar-refractivity contribution >= 4 is 16.7 Å². The van der Waals surface area contributed by atoms with Gasteiger partial charge < -0.3 is 9.64 Å². The second-order valence-electron chi connectivity index (χ2n) is 7.21. The summed E-state index contributed by atoms with van der Waals surface area (Å²) in [4.78, 5) is 15.8. The minimum absolute atomic E-state index is 0.164. The molecule has 5 rings (SSSR count). The van der Waals surface area contributed by atoms with Crippen molar-refractivity contribution < 1.29 is 13.5 Å². The van der Waals surface area contributed by atoms with Crippen LogP contribution in [0, 0.1) is 11.6 Å². The molecule has 0 atom stereocenters. The molecule has 150 valence electrons. The number of pyridine rings is 1. The summed E-state index contributed by atoms with van der Waals surface area (Å²) in [5, 5.41) is 0.845. The number of anilines is 1. The lowest BCUT2D eigenvalue weighted by Crippen LogP contribution is -2.52. The number of benzene rings is 2. The van der Waals surface area contributed by atoms with E-state index in [1.165, 1.54) is 6.07 Å². The number of fused-ring (bicyclic) bond motifs is 1. The first-order chi connectivity index (χ1) is 14.6. The molecule has 30 heavy (non-hydrogen) atoms. The van der Waals surface area contributed by atoms with Crippen LogP contribution in [0.25, 0.3) is 33.4 Å². The highest BCUT2D eigenvalue weighted by molar-refractivity contribution is 5.94. The highest BCUT2D eigenvalue weighted by Gasteiger charge is 2.29. The average molecular weight is 404 g/mol. The van der Waals surface area contributed by atoms with Crippen LogP contribution in [-0.2, 0) is 4.74 Å². The first-order valence-corrected chi connectivity index (χ1v) is 9.58. The van der Waals surface area contributed by atoms with Gasteiger partial charge in [0.1, 0.15) is 5.82 Å². The quantitative estimate of drug-likeness (QED) is 0.502. The first-order valence-electron chi connectivity index (χ1n) is 9.58. The topological polar surface area (TPSA) is 51.1 Å². The van der Waals surface area contributed by atoms with Crippen LogP contribution < -0.4 is 4.90 Å². The van der Waals surface area contributed by atoms with Crippen molar-refractivity contribution in [2.24, 2.45) is 0 Å². The van der Waals surface area contributed by atoms with Crippen LogP contribution in [0.2, 0.25) is 0 Å². The van der Waals surface area contributed by atoms with Crippen molar-refractivity contribution in [3.8, 4) is 22.5 Å². The summed E-state index contributed by atoms with van der Waals surface area (Å²) in [6, 6.07) is 13.3. The smallest absolute Gasteiger partial charge is 0.166 e. The Balaban J connectivity index is 1.68. The van der Waals surface area contributed by atoms with Crippen molar-refractivity contribution in [1.82, 2.24) is 15.0 Å². The van der Waals surface area contributed by atoms with Gasteiger partial charge in [0.15, 0.2) is 17.5 Å². The Hall–Kier alpha value is -3.45. The molecular weight excluding hydrogens is 386 g/mol. The van der Waals surface area contributed by atoms with E-state index in [1.807, 2.05) is 18.2 Å². The molecule has 7 heteroatoms. The molecule has 3 heterocycles. The van der Waals surface area contributed by atoms with E-state index < -0.39 is 11.6 Å². The van der Waals surface area contributed by atoms with Crippen LogP contribution in [0.15, 0.2) is 60.9 Å². The van der Waals surface area contributed by atoms with Gasteiger partial charge in [-0.3, -0.25) is 4.98 Å². The molecule has 0 spiro atoms. The van der Waals surface area contributed by atoms with Crippen molar-refractivity contribution in [2.75, 3.05) is 25.1 Å². The van der Waals surface area contributed by atoms with Crippen LogP contribution in [0.1, 0.15) is 0 Å². The van der Waals surface area contributed by atoms with Crippen molar-refractivity contribution in [1.29, 1.82) is 0 Å². The number of aromatic nitrogens is 3. The van der Waals surface area contributed by atoms with Crippen molar-refractivity contribution in [3.63, 3.8) is 0 Å². The third-order valence-corrected chi connectivity index (χ3v) is 5.34. The van der Waals surface area contributed by atoms with Gasteiger partial charge in [0.05, 0.1) is 11.6 Å². The summed E-state index contributed by atoms with van der Waals surface area (Å²) in [5.41, 5.74) is 2.19. The van der Waals surface area contributed by atoms with Gasteiger partial charge in [-0.25, -0.2) is 18.7 Å². The first kappa shape index (κ1) is 18.6. The monoisotopic (exact) mass is 404 g/mol. The Kier molecular flexibility index (Phi) is 4.59. The predicted octanol–water partition coefficient (Wildman–Crippen LogP) is 4.47. The molecule has 0 bridgehead atoms. The van der Waals surface area contributed by atoms with Crippen molar-refractivity contribution in [3.05, 3.63) is 72.6 Å². The van der Waals surface area contributed by atoms with Gasteiger partial charge in [0, 0.05) is 49.1 Å². The molecule has 0 unspecified atom stereocenters. The molecule has 0 aliphatic carbocycles. The molecule has 2 aromatic carbocycles. The molecule has 1 saturated heterocycles. The molecule has 0 radical (unpaired) electrons. The Bertz CT molecular complexity index is 1230. The van der Waals surface area contributed by atoms with E-state index in [1.54, 1.807) is 37.7 Å². The summed E-state index contributed by atoms with van der Waals surface area (Å²) in [6.07, 6.45) is 3.56. The van der Waals surface area contributed by atoms with Gasteiger partial charge in [-0.15, -0.1) is 0 Å². The Morgan fingerprint density at radius 2 is 1.87 bits per heavy atom. The van der Waals surface area contributed by atoms with E-state index in [2.05, 4.69) is 9.88 Å². The maximum atomic E-state index is 14.3. The molecular formula is C23H18F2N4O. The molecule has 4 aromatic rings. The van der Waals surface area contributed by atoms with Crippen LogP contribution in [0.5, 0.6) is 0 Å². The predicted molar refractivity (Wildman–Crippen MR) is 111 cm³/mol. The largest absolute Gasteiger partial charge is 0.378 e. The van der Waals surface area contributed by atoms with E-state index in [4.69, 9.17) is 14.7 Å². The van der Waals surface area contributed by atoms with Crippen LogP contribution >= 0.6 is 0 Å². The van der Waals surface area contributed by atoms with Gasteiger partial charge in [-0.05, 0) is 35.9 Å². The highest BCUT2D eigenvalue weighted by atomic mass is 19.2. The minimum Gasteiger partial charge on any atom is -0.378 e. The molecule has 1 fully saturated rings. The lowest BCUT2D eigenvalue weighted by molar-refractivity contribution is 0.0785. The number of halogens is 2. The van der Waals surface area contributed by atoms with Crippen LogP contribution in [0.4, 0.5) is 14.6 Å². The zero-order chi connectivity index (χ0) is 20.7. The van der Waals surface area contributed by atoms with E-state index in [0.29, 0.717) is 16.9 Å². The van der Waals surface area contributed by atoms with E-state index >= 15 is 0 Å². The molecule has 5 nitrogen and oxygen atoms in total. The summed E-state index contributed by atoms with van der Waals surface area (Å²) in [7, 11) is 1.70. The number of hydrogen-bond donors (Lipinski definition) is 0. The number of rotatable bonds is 4. The molecule has 1 aliphatic rings. The van der Waals surface area contributed by atoms with Gasteiger partial charge in [-0.1, -0.05) is 18.2 Å². The summed E-state index contributed by atoms with van der Waals surface area (Å²) < 4.78 is 33.5. The summed E-state index contributed by atoms with van der Waals surface area (Å²) in [6.45, 7) is 1.46. The molecule has 2 aromatic heterocycles. The second-order valence-corrected chi connectivity index (χ2v) is 7.21. The van der Waals surface area contributed by atoms with Crippen LogP contribution in [0.3, 0.4) is 0 Å². The number of ether oxygens (including phenoxy) is 1. The fourth-order valence-corrected chi connectivity index (χ4v) is 3.63. The average Bonchev–Trinajstić information content (AvgIpc) is 2.75. The third-order valence-electron chi connectivity index (χ3n) is 5.34. The lowest BCUT2D eigenvalue weighted by atomic mass is 10.0. The van der Waals surface area contributed by atoms with Gasteiger partial charge in [0.25, 0.3) is 0 Å². The molecule has 1 aliphatic heterocycles. The molecule has 0 amide bonds. The van der Waals surface area contributed by atoms with Gasteiger partial charge >= 0.3 is 0 Å². The number of nitrogens with zero attached hydrogens (tertiary/aromatic N) is 4. The van der Waals surface area contributed by atoms with E-state index in [-0.39, 0.29) is 11.7 Å². The maximum Gasteiger partial charge on any atom is 0.166 e. The standard InChI is InChI=1S/C23H18F2N4O/c1-30-16-12-29(13-16)23-18-8-7-14(17-5-2-6-19(24)21(17)25)10-20(18)27-22(28-23)15-4-3-9-26-11-15/h2-11,16H,12-13H2,1H3. The third kappa shape index (κ3) is 3.17. The second kappa shape index (κ2) is 7.42. The number of methoxy groups -OCH3 is 1. The zero-order valence-corrected chi connectivity index (χ0v) is 16.2. The Morgan fingerprint density at radius 1 is 1.00 bits per heavy atom. The summed E-state index contributed by atoms with van der Waals surface area (Å²) >= 11 is 0. The highest BCUT2D eigenvalue weighted by Crippen LogP contribution is 2.34.